The number of ether oxygens (including phenoxy) is 1. The Labute approximate surface area is 217 Å². The van der Waals surface area contributed by atoms with E-state index in [9.17, 15) is 8.42 Å². The summed E-state index contributed by atoms with van der Waals surface area (Å²) in [6.07, 6.45) is 2.71. The Morgan fingerprint density at radius 1 is 1.18 bits per heavy atom. The van der Waals surface area contributed by atoms with E-state index in [2.05, 4.69) is 22.9 Å². The van der Waals surface area contributed by atoms with Crippen LogP contribution in [-0.4, -0.2) is 27.6 Å². The van der Waals surface area contributed by atoms with Crippen LogP contribution in [0.15, 0.2) is 53.4 Å². The van der Waals surface area contributed by atoms with E-state index in [0.29, 0.717) is 4.90 Å². The van der Waals surface area contributed by atoms with Gasteiger partial charge < -0.3 is 10.5 Å². The van der Waals surface area contributed by atoms with Crippen molar-refractivity contribution in [3.63, 3.8) is 0 Å². The second-order valence-corrected chi connectivity index (χ2v) is 12.2. The van der Waals surface area contributed by atoms with Crippen molar-refractivity contribution in [3.05, 3.63) is 80.0 Å². The van der Waals surface area contributed by atoms with Crippen molar-refractivity contribution in [2.45, 2.75) is 50.0 Å². The molecule has 0 bridgehead atoms. The highest BCUT2D eigenvalue weighted by molar-refractivity contribution is 7.89. The van der Waals surface area contributed by atoms with Crippen molar-refractivity contribution in [2.75, 3.05) is 13.2 Å². The Balaban J connectivity index is 0.00000324. The number of fused-ring (bicyclic) bond motifs is 1. The van der Waals surface area contributed by atoms with Gasteiger partial charge in [0.05, 0.1) is 4.90 Å². The van der Waals surface area contributed by atoms with Crippen molar-refractivity contribution in [1.82, 2.24) is 4.72 Å². The number of nitrogens with two attached hydrogens (primary N) is 1. The van der Waals surface area contributed by atoms with Gasteiger partial charge >= 0.3 is 0 Å². The standard InChI is InChI=1S/C25H29ClN2O3S2.ClH/c1-16-12-25(17(2)32-16)33(29,30)28-10-11-31-21-8-6-19-7-9-24(27)23(22(19)15-21)14-18-4-3-5-20(26)13-18;/h3-6,8,12-13,15,23-24,28H,7,9-11,14,27H2,1-2H3;1H. The molecule has 3 N–H and O–H groups in total. The van der Waals surface area contributed by atoms with Gasteiger partial charge in [0, 0.05) is 33.3 Å². The summed E-state index contributed by atoms with van der Waals surface area (Å²) in [5, 5.41) is 0.726. The molecule has 2 atom stereocenters. The second-order valence-electron chi connectivity index (χ2n) is 8.53. The van der Waals surface area contributed by atoms with Gasteiger partial charge in [-0.1, -0.05) is 29.8 Å². The van der Waals surface area contributed by atoms with E-state index in [1.807, 2.05) is 38.1 Å². The third-order valence-corrected chi connectivity index (χ3v) is 8.99. The zero-order valence-electron chi connectivity index (χ0n) is 19.2. The summed E-state index contributed by atoms with van der Waals surface area (Å²) in [5.41, 5.74) is 10.2. The van der Waals surface area contributed by atoms with Gasteiger partial charge in [0.15, 0.2) is 0 Å². The van der Waals surface area contributed by atoms with Gasteiger partial charge in [0.25, 0.3) is 0 Å². The predicted octanol–water partition coefficient (Wildman–Crippen LogP) is 5.40. The molecule has 0 saturated heterocycles. The SMILES string of the molecule is Cc1cc(S(=O)(=O)NCCOc2ccc3c(c2)C(Cc2cccc(Cl)c2)C(N)CC3)c(C)s1.Cl. The van der Waals surface area contributed by atoms with Crippen LogP contribution >= 0.6 is 35.3 Å². The lowest BCUT2D eigenvalue weighted by molar-refractivity contribution is 0.321. The molecule has 1 aliphatic carbocycles. The molecule has 0 aliphatic heterocycles. The van der Waals surface area contributed by atoms with Crippen LogP contribution in [0.4, 0.5) is 0 Å². The molecule has 34 heavy (non-hydrogen) atoms. The number of hydrogen-bond acceptors (Lipinski definition) is 5. The molecule has 0 radical (unpaired) electrons. The number of sulfonamides is 1. The van der Waals surface area contributed by atoms with Crippen molar-refractivity contribution in [1.29, 1.82) is 0 Å². The first-order valence-electron chi connectivity index (χ1n) is 11.1. The summed E-state index contributed by atoms with van der Waals surface area (Å²) in [6.45, 7) is 4.16. The number of aryl methyl sites for hydroxylation is 3. The Morgan fingerprint density at radius 3 is 2.68 bits per heavy atom. The molecule has 4 rings (SSSR count). The highest BCUT2D eigenvalue weighted by Gasteiger charge is 2.28. The predicted molar refractivity (Wildman–Crippen MR) is 142 cm³/mol. The summed E-state index contributed by atoms with van der Waals surface area (Å²) < 4.78 is 33.7. The fourth-order valence-corrected chi connectivity index (χ4v) is 7.24. The first-order chi connectivity index (χ1) is 15.7. The number of halogens is 2. The van der Waals surface area contributed by atoms with Gasteiger partial charge in [0.1, 0.15) is 12.4 Å². The average Bonchev–Trinajstić information content (AvgIpc) is 3.12. The lowest BCUT2D eigenvalue weighted by atomic mass is 9.76. The van der Waals surface area contributed by atoms with Gasteiger partial charge in [-0.3, -0.25) is 0 Å². The van der Waals surface area contributed by atoms with Crippen molar-refractivity contribution >= 4 is 45.4 Å². The van der Waals surface area contributed by atoms with Crippen LogP contribution in [0.5, 0.6) is 5.75 Å². The molecule has 5 nitrogen and oxygen atoms in total. The molecule has 9 heteroatoms. The van der Waals surface area contributed by atoms with Gasteiger partial charge in [0.2, 0.25) is 10.0 Å². The van der Waals surface area contributed by atoms with E-state index < -0.39 is 10.0 Å². The molecule has 3 aromatic rings. The Bertz CT molecular complexity index is 1240. The Kier molecular flexibility index (Phi) is 9.06. The van der Waals surface area contributed by atoms with Crippen LogP contribution in [0.2, 0.25) is 5.02 Å². The first kappa shape index (κ1) is 27.0. The smallest absolute Gasteiger partial charge is 0.241 e. The van der Waals surface area contributed by atoms with Crippen LogP contribution in [0, 0.1) is 13.8 Å². The minimum Gasteiger partial charge on any atom is -0.492 e. The molecular weight excluding hydrogens is 511 g/mol. The van der Waals surface area contributed by atoms with Crippen LogP contribution in [-0.2, 0) is 22.9 Å². The fourth-order valence-electron chi connectivity index (χ4n) is 4.47. The number of nitrogens with one attached hydrogen (secondary N) is 1. The Hall–Kier alpha value is -1.61. The molecule has 2 unspecified atom stereocenters. The molecule has 0 amide bonds. The van der Waals surface area contributed by atoms with Gasteiger partial charge in [-0.05, 0) is 80.1 Å². The number of thiophene rings is 1. The lowest BCUT2D eigenvalue weighted by Gasteiger charge is -2.32. The van der Waals surface area contributed by atoms with E-state index >= 15 is 0 Å². The third kappa shape index (κ3) is 6.33. The summed E-state index contributed by atoms with van der Waals surface area (Å²) in [4.78, 5) is 2.11. The fraction of sp³-hybridized carbons (Fsp3) is 0.360. The molecule has 0 fully saturated rings. The molecule has 1 heterocycles. The summed E-state index contributed by atoms with van der Waals surface area (Å²) in [6, 6.07) is 15.8. The largest absolute Gasteiger partial charge is 0.492 e. The van der Waals surface area contributed by atoms with Gasteiger partial charge in [-0.25, -0.2) is 13.1 Å². The lowest BCUT2D eigenvalue weighted by Crippen LogP contribution is -2.34. The Morgan fingerprint density at radius 2 is 1.97 bits per heavy atom. The maximum Gasteiger partial charge on any atom is 0.241 e. The number of hydrogen-bond donors (Lipinski definition) is 2. The zero-order chi connectivity index (χ0) is 23.6. The van der Waals surface area contributed by atoms with Crippen LogP contribution < -0.4 is 15.2 Å². The minimum atomic E-state index is -3.54. The molecular formula is C25H30Cl2N2O3S2. The monoisotopic (exact) mass is 540 g/mol. The summed E-state index contributed by atoms with van der Waals surface area (Å²) >= 11 is 7.66. The maximum atomic E-state index is 12.6. The quantitative estimate of drug-likeness (QED) is 0.375. The summed E-state index contributed by atoms with van der Waals surface area (Å²) in [7, 11) is -3.54. The number of benzene rings is 2. The topological polar surface area (TPSA) is 81.4 Å². The van der Waals surface area contributed by atoms with Crippen LogP contribution in [0.25, 0.3) is 0 Å². The molecule has 2 aromatic carbocycles. The molecule has 0 spiro atoms. The van der Waals surface area contributed by atoms with E-state index in [0.717, 1.165) is 45.4 Å². The summed E-state index contributed by atoms with van der Waals surface area (Å²) in [5.74, 6) is 0.903. The first-order valence-corrected chi connectivity index (χ1v) is 13.7. The molecule has 0 saturated carbocycles. The van der Waals surface area contributed by atoms with Crippen molar-refractivity contribution in [3.8, 4) is 5.75 Å². The molecule has 184 valence electrons. The minimum absolute atomic E-state index is 0. The van der Waals surface area contributed by atoms with Gasteiger partial charge in [-0.15, -0.1) is 23.7 Å². The van der Waals surface area contributed by atoms with Crippen LogP contribution in [0.1, 0.15) is 38.8 Å². The highest BCUT2D eigenvalue weighted by atomic mass is 35.5. The van der Waals surface area contributed by atoms with E-state index in [4.69, 9.17) is 22.1 Å². The van der Waals surface area contributed by atoms with Crippen molar-refractivity contribution in [2.24, 2.45) is 5.73 Å². The van der Waals surface area contributed by atoms with Crippen LogP contribution in [0.3, 0.4) is 0 Å². The van der Waals surface area contributed by atoms with Crippen molar-refractivity contribution < 1.29 is 13.2 Å². The maximum absolute atomic E-state index is 12.6. The highest BCUT2D eigenvalue weighted by Crippen LogP contribution is 2.36. The van der Waals surface area contributed by atoms with E-state index in [1.54, 1.807) is 6.07 Å². The van der Waals surface area contributed by atoms with E-state index in [-0.39, 0.29) is 37.5 Å². The normalized spacial score (nSPS) is 17.6. The molecule has 1 aromatic heterocycles. The van der Waals surface area contributed by atoms with E-state index in [1.165, 1.54) is 22.5 Å². The number of rotatable bonds is 8. The third-order valence-electron chi connectivity index (χ3n) is 6.07. The van der Waals surface area contributed by atoms with Gasteiger partial charge in [-0.2, -0.15) is 0 Å². The molecule has 1 aliphatic rings. The zero-order valence-corrected chi connectivity index (χ0v) is 22.4. The average molecular weight is 542 g/mol. The second kappa shape index (κ2) is 11.4.